The van der Waals surface area contributed by atoms with Crippen LogP contribution in [0.25, 0.3) is 49.9 Å². The van der Waals surface area contributed by atoms with Crippen molar-refractivity contribution in [3.05, 3.63) is 196 Å². The first-order valence-electron chi connectivity index (χ1n) is 29.2. The lowest BCUT2D eigenvalue weighted by atomic mass is 9.78. The fraction of sp³-hybridized carbons (Fsp3) is 0.328. The minimum Gasteiger partial charge on any atom is -0.408 e. The number of nitriles is 2. The Labute approximate surface area is 516 Å². The number of primary amides is 1. The zero-order valence-electron chi connectivity index (χ0n) is 50.2. The zero-order valence-corrected chi connectivity index (χ0v) is 51.8. The summed E-state index contributed by atoms with van der Waals surface area (Å²) in [6.07, 6.45) is 10.2. The van der Waals surface area contributed by atoms with Crippen molar-refractivity contribution in [2.45, 2.75) is 106 Å². The van der Waals surface area contributed by atoms with Crippen LogP contribution in [0.1, 0.15) is 124 Å². The number of allylic oxidation sites excluding steroid dienone is 2. The van der Waals surface area contributed by atoms with Gasteiger partial charge < -0.3 is 30.2 Å². The first-order valence-corrected chi connectivity index (χ1v) is 30.5. The average Bonchev–Trinajstić information content (AvgIpc) is 2.41. The van der Waals surface area contributed by atoms with Crippen LogP contribution in [0.4, 0.5) is 8.78 Å². The quantitative estimate of drug-likeness (QED) is 0.0760. The van der Waals surface area contributed by atoms with Gasteiger partial charge in [-0.1, -0.05) is 97.2 Å². The maximum Gasteiger partial charge on any atom is 0.420 e. The first kappa shape index (κ1) is 63.5. The van der Waals surface area contributed by atoms with E-state index in [0.29, 0.717) is 80.3 Å². The molecule has 2 unspecified atom stereocenters. The molecule has 0 spiro atoms. The number of nitrogens with one attached hydrogen (secondary N) is 1. The zero-order chi connectivity index (χ0) is 63.3. The van der Waals surface area contributed by atoms with Gasteiger partial charge in [0.05, 0.1) is 75.2 Å². The van der Waals surface area contributed by atoms with Crippen LogP contribution in [0, 0.1) is 57.5 Å². The van der Waals surface area contributed by atoms with Crippen molar-refractivity contribution >= 4 is 74.4 Å². The number of amides is 1. The molecule has 9 aromatic rings. The maximum atomic E-state index is 13.6. The summed E-state index contributed by atoms with van der Waals surface area (Å²) in [5.41, 5.74) is 20.7. The van der Waals surface area contributed by atoms with Gasteiger partial charge in [0.1, 0.15) is 29.9 Å². The number of oxazole rings is 2. The number of carbonyl (C=O) groups is 2. The van der Waals surface area contributed by atoms with E-state index in [9.17, 15) is 33.2 Å². The summed E-state index contributed by atoms with van der Waals surface area (Å²) in [6.45, 7) is 15.2. The van der Waals surface area contributed by atoms with Crippen LogP contribution in [-0.2, 0) is 30.8 Å². The fourth-order valence-electron chi connectivity index (χ4n) is 11.5. The number of benzene rings is 3. The van der Waals surface area contributed by atoms with Crippen LogP contribution in [0.2, 0.25) is 5.02 Å². The summed E-state index contributed by atoms with van der Waals surface area (Å²) in [5.74, 6) is -0.515. The molecule has 1 aliphatic carbocycles. The first-order chi connectivity index (χ1) is 42.3. The van der Waals surface area contributed by atoms with Crippen LogP contribution in [0.3, 0.4) is 0 Å². The predicted molar refractivity (Wildman–Crippen MR) is 339 cm³/mol. The van der Waals surface area contributed by atoms with Crippen molar-refractivity contribution in [3.63, 3.8) is 0 Å². The highest BCUT2D eigenvalue weighted by molar-refractivity contribution is 8.04. The van der Waals surface area contributed by atoms with E-state index in [1.54, 1.807) is 53.2 Å². The topological polar surface area (TPSA) is 260 Å². The van der Waals surface area contributed by atoms with E-state index in [4.69, 9.17) is 36.4 Å². The summed E-state index contributed by atoms with van der Waals surface area (Å²) < 4.78 is 43.1. The normalized spacial score (nSPS) is 16.1. The highest BCUT2D eigenvalue weighted by Crippen LogP contribution is 2.57. The van der Waals surface area contributed by atoms with Crippen LogP contribution in [0.5, 0.6) is 0 Å². The van der Waals surface area contributed by atoms with E-state index in [2.05, 4.69) is 47.9 Å². The van der Waals surface area contributed by atoms with Gasteiger partial charge in [0.25, 0.3) is 5.91 Å². The van der Waals surface area contributed by atoms with Gasteiger partial charge in [0.15, 0.2) is 17.0 Å². The summed E-state index contributed by atoms with van der Waals surface area (Å²) in [6, 6.07) is 25.7. The predicted octanol–water partition coefficient (Wildman–Crippen LogP) is 12.4. The number of dihydropyridines is 1. The van der Waals surface area contributed by atoms with Crippen LogP contribution in [-0.4, -0.2) is 59.7 Å². The fourth-order valence-corrected chi connectivity index (χ4v) is 13.2. The standard InChI is InChI=1S/C34H26FN7O3.C30H31ClFN3O3S.C2H6.CH5N/c1-19(2)11-26-31(32(38)43)29(30-23(14-37)17-41(33(30)40-26)16-20-3-7-24(35)8-4-20)22-6-10-27-28(12-22)45-34(44)42(27)18-25-9-5-21(13-36)15-39-25;1-16(2)8-23-20(14-36)26(27-28(34-23)30(3,15-39-27)11-17-4-5-17)18-6-7-24-25(9-18)38-29(37)35(24)13-19-10-21(31)22(32)12-33-19;2*1-2/h3-10,12,15,17,19H,11,16,18H2,1-2H3,(H2,38,43);6-7,9-10,12,14,16-17,23,34H,4-5,8,11,13,15H2,1-3H3;1-2H3;2H2,1H3. The third-order valence-electron chi connectivity index (χ3n) is 15.5. The van der Waals surface area contributed by atoms with E-state index in [-0.39, 0.29) is 58.0 Å². The molecule has 1 saturated carbocycles. The minimum atomic E-state index is -0.698. The molecule has 17 nitrogen and oxygen atoms in total. The number of nitrogens with zero attached hydrogens (tertiary/aromatic N) is 8. The van der Waals surface area contributed by atoms with Gasteiger partial charge >= 0.3 is 11.5 Å². The number of hydrogen-bond donors (Lipinski definition) is 3. The molecular weight excluding hydrogens is 1160 g/mol. The van der Waals surface area contributed by atoms with E-state index >= 15 is 0 Å². The van der Waals surface area contributed by atoms with Crippen molar-refractivity contribution in [1.29, 1.82) is 10.5 Å². The smallest absolute Gasteiger partial charge is 0.408 e. The number of hydrogen-bond acceptors (Lipinski definition) is 14. The second-order valence-electron chi connectivity index (χ2n) is 22.9. The molecule has 5 N–H and O–H groups in total. The number of thioether (sulfide) groups is 1. The van der Waals surface area contributed by atoms with E-state index in [1.165, 1.54) is 59.1 Å². The minimum absolute atomic E-state index is 0.0412. The van der Waals surface area contributed by atoms with Crippen molar-refractivity contribution < 1.29 is 27.2 Å². The van der Waals surface area contributed by atoms with Crippen LogP contribution >= 0.6 is 23.4 Å². The van der Waals surface area contributed by atoms with Gasteiger partial charge in [-0.05, 0) is 115 Å². The van der Waals surface area contributed by atoms with Gasteiger partial charge in [-0.15, -0.1) is 11.8 Å². The summed E-state index contributed by atoms with van der Waals surface area (Å²) in [4.78, 5) is 65.8. The number of aldehydes is 1. The Morgan fingerprint density at radius 2 is 1.50 bits per heavy atom. The lowest BCUT2D eigenvalue weighted by Gasteiger charge is -2.36. The van der Waals surface area contributed by atoms with E-state index in [0.717, 1.165) is 64.2 Å². The molecule has 454 valence electrons. The Hall–Kier alpha value is -8.95. The monoisotopic (exact) mass is 1230 g/mol. The maximum absolute atomic E-state index is 13.6. The lowest BCUT2D eigenvalue weighted by Crippen LogP contribution is -2.41. The molecule has 0 saturated heterocycles. The third kappa shape index (κ3) is 13.2. The number of rotatable bonds is 16. The molecule has 88 heavy (non-hydrogen) atoms. The largest absolute Gasteiger partial charge is 0.420 e. The second-order valence-corrected chi connectivity index (χ2v) is 24.3. The number of halogens is 3. The molecule has 6 aromatic heterocycles. The lowest BCUT2D eigenvalue weighted by molar-refractivity contribution is -0.105. The highest BCUT2D eigenvalue weighted by atomic mass is 35.5. The molecule has 21 heteroatoms. The van der Waals surface area contributed by atoms with Crippen molar-refractivity contribution in [1.82, 2.24) is 34.0 Å². The number of aromatic nitrogens is 6. The molecule has 1 amide bonds. The molecule has 0 radical (unpaired) electrons. The third-order valence-corrected chi connectivity index (χ3v) is 17.3. The molecule has 3 aromatic carbocycles. The molecular formula is C67H68ClF2N11O6S. The summed E-state index contributed by atoms with van der Waals surface area (Å²) >= 11 is 7.73. The number of nitrogens with two attached hydrogens (primary N) is 2. The van der Waals surface area contributed by atoms with Crippen molar-refractivity contribution in [2.75, 3.05) is 12.8 Å². The van der Waals surface area contributed by atoms with Gasteiger partial charge in [-0.2, -0.15) is 10.5 Å². The second kappa shape index (κ2) is 27.0. The molecule has 12 rings (SSSR count). The number of pyridine rings is 3. The van der Waals surface area contributed by atoms with Gasteiger partial charge in [-0.3, -0.25) is 28.7 Å². The van der Waals surface area contributed by atoms with Crippen molar-refractivity contribution in [3.8, 4) is 23.3 Å². The molecule has 2 aliphatic heterocycles. The molecule has 0 bridgehead atoms. The van der Waals surface area contributed by atoms with E-state index in [1.807, 2.05) is 63.7 Å². The van der Waals surface area contributed by atoms with E-state index < -0.39 is 23.2 Å². The summed E-state index contributed by atoms with van der Waals surface area (Å²) in [5, 5.41) is 23.5. The van der Waals surface area contributed by atoms with Gasteiger partial charge in [0, 0.05) is 62.8 Å². The highest BCUT2D eigenvalue weighted by Gasteiger charge is 2.46. The van der Waals surface area contributed by atoms with Crippen LogP contribution < -0.4 is 28.3 Å². The molecule has 2 atom stereocenters. The SMILES string of the molecule is CC.CC(C)CC1NC2=C(SCC2(C)CC2CC2)C(c2ccc3c(c2)oc(=O)n3Cc2cc(Cl)c(F)cn2)=C1C=O.CC(C)Cc1nc2c(c(C#N)cn2Cc2ccc(F)cc2)c(-c2ccc3c(c2)oc(=O)n3Cc2ccc(C#N)cn2)c1C(N)=O.CN. The Balaban J connectivity index is 0.000000200. The number of fused-ring (bicyclic) bond motifs is 3. The Morgan fingerprint density at radius 3 is 2.07 bits per heavy atom. The Morgan fingerprint density at radius 1 is 0.864 bits per heavy atom. The van der Waals surface area contributed by atoms with Crippen molar-refractivity contribution in [2.24, 2.45) is 34.6 Å². The van der Waals surface area contributed by atoms with Gasteiger partial charge in [0.2, 0.25) is 0 Å². The Kier molecular flexibility index (Phi) is 19.5. The van der Waals surface area contributed by atoms with Crippen LogP contribution in [0.15, 0.2) is 132 Å². The molecule has 3 aliphatic rings. The van der Waals surface area contributed by atoms with Gasteiger partial charge in [-0.25, -0.2) is 23.4 Å². The number of carbonyl (C=O) groups excluding carboxylic acids is 2. The Bertz CT molecular complexity index is 4410. The summed E-state index contributed by atoms with van der Waals surface area (Å²) in [7, 11) is 1.50. The molecule has 1 fully saturated rings. The average molecular weight is 1230 g/mol. The molecule has 8 heterocycles.